The van der Waals surface area contributed by atoms with Crippen molar-refractivity contribution in [2.45, 2.75) is 65.2 Å². The monoisotopic (exact) mass is 404 g/mol. The topological polar surface area (TPSA) is 99.5 Å². The molecular formula is C20H40N2O6. The number of carbonyl (C=O) groups excluding carboxylic acids is 2. The van der Waals surface area contributed by atoms with Crippen molar-refractivity contribution in [3.8, 4) is 0 Å². The number of aliphatic hydroxyl groups is 2. The maximum Gasteiger partial charge on any atom is 0.409 e. The average molecular weight is 405 g/mol. The first-order chi connectivity index (χ1) is 13.6. The van der Waals surface area contributed by atoms with E-state index in [1.54, 1.807) is 23.6 Å². The van der Waals surface area contributed by atoms with Crippen molar-refractivity contribution in [2.24, 2.45) is 0 Å². The highest BCUT2D eigenvalue weighted by molar-refractivity contribution is 5.67. The van der Waals surface area contributed by atoms with Gasteiger partial charge in [0.2, 0.25) is 0 Å². The molecule has 0 radical (unpaired) electrons. The molecule has 0 heterocycles. The number of amides is 2. The summed E-state index contributed by atoms with van der Waals surface area (Å²) >= 11 is 0. The number of rotatable bonds is 17. The Kier molecular flexibility index (Phi) is 17.8. The van der Waals surface area contributed by atoms with E-state index in [1.807, 2.05) is 0 Å². The number of hydrogen-bond acceptors (Lipinski definition) is 6. The van der Waals surface area contributed by atoms with Crippen molar-refractivity contribution in [1.82, 2.24) is 9.80 Å². The minimum Gasteiger partial charge on any atom is -0.450 e. The minimum atomic E-state index is -0.294. The molecular weight excluding hydrogens is 364 g/mol. The Hall–Kier alpha value is -1.54. The summed E-state index contributed by atoms with van der Waals surface area (Å²) < 4.78 is 10.2. The quantitative estimate of drug-likeness (QED) is 0.362. The van der Waals surface area contributed by atoms with Gasteiger partial charge in [-0.25, -0.2) is 9.59 Å². The minimum absolute atomic E-state index is 0.131. The van der Waals surface area contributed by atoms with Crippen LogP contribution in [0.4, 0.5) is 9.59 Å². The van der Waals surface area contributed by atoms with Crippen molar-refractivity contribution in [3.05, 3.63) is 0 Å². The van der Waals surface area contributed by atoms with Crippen molar-refractivity contribution in [2.75, 3.05) is 52.6 Å². The largest absolute Gasteiger partial charge is 0.450 e. The summed E-state index contributed by atoms with van der Waals surface area (Å²) in [6.07, 6.45) is 5.97. The number of ether oxygens (including phenoxy) is 2. The van der Waals surface area contributed by atoms with Crippen LogP contribution in [0.25, 0.3) is 0 Å². The first kappa shape index (κ1) is 26.5. The maximum absolute atomic E-state index is 12.0. The van der Waals surface area contributed by atoms with Crippen molar-refractivity contribution in [3.63, 3.8) is 0 Å². The molecule has 0 aliphatic rings. The summed E-state index contributed by atoms with van der Waals surface area (Å²) in [4.78, 5) is 27.4. The van der Waals surface area contributed by atoms with E-state index in [0.717, 1.165) is 38.5 Å². The second-order valence-corrected chi connectivity index (χ2v) is 6.65. The molecule has 0 aliphatic carbocycles. The van der Waals surface area contributed by atoms with Gasteiger partial charge in [-0.1, -0.05) is 12.8 Å². The standard InChI is InChI=1S/C20H40N2O6/c1-3-27-19(25)21(15-9-11-17-23)13-7-5-6-8-14-22(16-10-12-18-24)20(26)28-4-2/h23-24H,3-18H2,1-2H3. The zero-order chi connectivity index (χ0) is 21.0. The molecule has 0 rings (SSSR count). The highest BCUT2D eigenvalue weighted by atomic mass is 16.6. The van der Waals surface area contributed by atoms with E-state index in [9.17, 15) is 9.59 Å². The molecule has 0 spiro atoms. The van der Waals surface area contributed by atoms with Crippen LogP contribution in [0.2, 0.25) is 0 Å². The molecule has 0 saturated heterocycles. The smallest absolute Gasteiger partial charge is 0.409 e. The summed E-state index contributed by atoms with van der Waals surface area (Å²) in [5, 5.41) is 17.8. The fourth-order valence-corrected chi connectivity index (χ4v) is 2.81. The summed E-state index contributed by atoms with van der Waals surface area (Å²) in [6.45, 7) is 7.04. The van der Waals surface area contributed by atoms with Gasteiger partial charge in [0.1, 0.15) is 0 Å². The second kappa shape index (κ2) is 18.8. The lowest BCUT2D eigenvalue weighted by atomic mass is 10.1. The van der Waals surface area contributed by atoms with Crippen LogP contribution in [0.5, 0.6) is 0 Å². The molecule has 8 nitrogen and oxygen atoms in total. The highest BCUT2D eigenvalue weighted by Gasteiger charge is 2.15. The van der Waals surface area contributed by atoms with Crippen LogP contribution in [0, 0.1) is 0 Å². The van der Waals surface area contributed by atoms with Gasteiger partial charge in [0, 0.05) is 39.4 Å². The van der Waals surface area contributed by atoms with Crippen molar-refractivity contribution < 1.29 is 29.3 Å². The third kappa shape index (κ3) is 13.6. The van der Waals surface area contributed by atoms with Gasteiger partial charge in [0.05, 0.1) is 13.2 Å². The van der Waals surface area contributed by atoms with Gasteiger partial charge < -0.3 is 29.5 Å². The second-order valence-electron chi connectivity index (χ2n) is 6.65. The Labute approximate surface area is 169 Å². The molecule has 0 bridgehead atoms. The van der Waals surface area contributed by atoms with Crippen LogP contribution in [0.15, 0.2) is 0 Å². The molecule has 28 heavy (non-hydrogen) atoms. The van der Waals surface area contributed by atoms with Crippen LogP contribution in [0.3, 0.4) is 0 Å². The third-order valence-electron chi connectivity index (χ3n) is 4.33. The number of carbonyl (C=O) groups is 2. The van der Waals surface area contributed by atoms with E-state index >= 15 is 0 Å². The zero-order valence-electron chi connectivity index (χ0n) is 17.7. The first-order valence-electron chi connectivity index (χ1n) is 10.7. The Morgan fingerprint density at radius 1 is 0.607 bits per heavy atom. The predicted molar refractivity (Wildman–Crippen MR) is 108 cm³/mol. The number of unbranched alkanes of at least 4 members (excludes halogenated alkanes) is 5. The highest BCUT2D eigenvalue weighted by Crippen LogP contribution is 2.08. The van der Waals surface area contributed by atoms with Gasteiger partial charge >= 0.3 is 12.2 Å². The van der Waals surface area contributed by atoms with Gasteiger partial charge in [0.25, 0.3) is 0 Å². The number of hydrogen-bond donors (Lipinski definition) is 2. The predicted octanol–water partition coefficient (Wildman–Crippen LogP) is 3.01. The van der Waals surface area contributed by atoms with E-state index in [4.69, 9.17) is 19.7 Å². The van der Waals surface area contributed by atoms with Crippen molar-refractivity contribution >= 4 is 12.2 Å². The SMILES string of the molecule is CCOC(=O)N(CCCCO)CCCCCCN(CCCCO)C(=O)OCC. The zero-order valence-corrected chi connectivity index (χ0v) is 17.7. The van der Waals surface area contributed by atoms with Crippen LogP contribution < -0.4 is 0 Å². The van der Waals surface area contributed by atoms with E-state index in [2.05, 4.69) is 0 Å². The van der Waals surface area contributed by atoms with Gasteiger partial charge in [-0.05, 0) is 52.4 Å². The average Bonchev–Trinajstić information content (AvgIpc) is 2.68. The molecule has 0 aromatic carbocycles. The maximum atomic E-state index is 12.0. The molecule has 0 fully saturated rings. The Bertz CT molecular complexity index is 359. The first-order valence-corrected chi connectivity index (χ1v) is 10.7. The normalized spacial score (nSPS) is 10.6. The molecule has 0 atom stereocenters. The van der Waals surface area contributed by atoms with Gasteiger partial charge in [-0.15, -0.1) is 0 Å². The molecule has 0 aliphatic heterocycles. The summed E-state index contributed by atoms with van der Waals surface area (Å²) in [5.74, 6) is 0. The van der Waals surface area contributed by atoms with E-state index in [-0.39, 0.29) is 25.4 Å². The number of nitrogens with zero attached hydrogens (tertiary/aromatic N) is 2. The fourth-order valence-electron chi connectivity index (χ4n) is 2.81. The van der Waals surface area contributed by atoms with Crippen LogP contribution in [0.1, 0.15) is 65.2 Å². The molecule has 2 amide bonds. The summed E-state index contributed by atoms with van der Waals surface area (Å²) in [6, 6.07) is 0. The molecule has 0 aromatic heterocycles. The van der Waals surface area contributed by atoms with Crippen LogP contribution >= 0.6 is 0 Å². The molecule has 0 saturated carbocycles. The molecule has 8 heteroatoms. The van der Waals surface area contributed by atoms with Crippen LogP contribution in [-0.2, 0) is 9.47 Å². The lowest BCUT2D eigenvalue weighted by Crippen LogP contribution is -2.34. The van der Waals surface area contributed by atoms with E-state index in [0.29, 0.717) is 52.2 Å². The Balaban J connectivity index is 4.14. The fraction of sp³-hybridized carbons (Fsp3) is 0.900. The van der Waals surface area contributed by atoms with Gasteiger partial charge in [-0.2, -0.15) is 0 Å². The van der Waals surface area contributed by atoms with Gasteiger partial charge in [-0.3, -0.25) is 0 Å². The summed E-state index contributed by atoms with van der Waals surface area (Å²) in [5.41, 5.74) is 0. The molecule has 0 aromatic rings. The van der Waals surface area contributed by atoms with Gasteiger partial charge in [0.15, 0.2) is 0 Å². The van der Waals surface area contributed by atoms with E-state index < -0.39 is 0 Å². The Morgan fingerprint density at radius 2 is 0.929 bits per heavy atom. The van der Waals surface area contributed by atoms with Crippen molar-refractivity contribution in [1.29, 1.82) is 0 Å². The Morgan fingerprint density at radius 3 is 1.21 bits per heavy atom. The number of aliphatic hydroxyl groups excluding tert-OH is 2. The summed E-state index contributed by atoms with van der Waals surface area (Å²) in [7, 11) is 0. The van der Waals surface area contributed by atoms with E-state index in [1.165, 1.54) is 0 Å². The van der Waals surface area contributed by atoms with Crippen LogP contribution in [-0.4, -0.2) is 84.8 Å². The molecule has 166 valence electrons. The lowest BCUT2D eigenvalue weighted by molar-refractivity contribution is 0.102. The lowest BCUT2D eigenvalue weighted by Gasteiger charge is -2.22. The third-order valence-corrected chi connectivity index (χ3v) is 4.33. The molecule has 0 unspecified atom stereocenters. The molecule has 2 N–H and O–H groups in total.